The van der Waals surface area contributed by atoms with E-state index in [1.165, 1.54) is 0 Å². The molecule has 9 heteroatoms. The molecule has 0 radical (unpaired) electrons. The Morgan fingerprint density at radius 1 is 1.31 bits per heavy atom. The van der Waals surface area contributed by atoms with Crippen LogP contribution in [-0.2, 0) is 11.0 Å². The Labute approximate surface area is 151 Å². The van der Waals surface area contributed by atoms with E-state index < -0.39 is 18.0 Å². The number of ketones is 1. The van der Waals surface area contributed by atoms with Crippen LogP contribution in [0.3, 0.4) is 0 Å². The average Bonchev–Trinajstić information content (AvgIpc) is 2.96. The molecule has 2 aliphatic rings. The quantitative estimate of drug-likeness (QED) is 0.802. The highest BCUT2D eigenvalue weighted by molar-refractivity contribution is 6.30. The summed E-state index contributed by atoms with van der Waals surface area (Å²) in [5, 5.41) is 6.95. The number of halogens is 4. The third-order valence-electron chi connectivity index (χ3n) is 4.54. The van der Waals surface area contributed by atoms with Gasteiger partial charge in [-0.2, -0.15) is 18.2 Å². The molecule has 0 amide bonds. The van der Waals surface area contributed by atoms with Crippen LogP contribution in [-0.4, -0.2) is 20.5 Å². The number of benzene rings is 1. The van der Waals surface area contributed by atoms with Crippen LogP contribution in [0.25, 0.3) is 0 Å². The topological polar surface area (TPSA) is 59.8 Å². The molecule has 4 rings (SSSR count). The van der Waals surface area contributed by atoms with E-state index in [4.69, 9.17) is 11.6 Å². The van der Waals surface area contributed by atoms with Gasteiger partial charge in [-0.3, -0.25) is 4.79 Å². The summed E-state index contributed by atoms with van der Waals surface area (Å²) in [6.07, 6.45) is -3.78. The first-order chi connectivity index (χ1) is 12.2. The molecule has 0 fully saturated rings. The van der Waals surface area contributed by atoms with Gasteiger partial charge in [0.2, 0.25) is 5.95 Å². The summed E-state index contributed by atoms with van der Waals surface area (Å²) in [7, 11) is 0. The number of nitrogens with zero attached hydrogens (tertiary/aromatic N) is 3. The molecular formula is C17H14ClF3N4O. The molecule has 0 bridgehead atoms. The van der Waals surface area contributed by atoms with Gasteiger partial charge in [0.05, 0.1) is 0 Å². The molecule has 5 nitrogen and oxygen atoms in total. The van der Waals surface area contributed by atoms with Crippen molar-refractivity contribution in [2.24, 2.45) is 5.92 Å². The van der Waals surface area contributed by atoms with Crippen LogP contribution in [0.4, 0.5) is 19.1 Å². The largest absolute Gasteiger partial charge is 0.453 e. The average molecular weight is 383 g/mol. The first-order valence-corrected chi connectivity index (χ1v) is 8.44. The minimum atomic E-state index is -4.68. The number of fused-ring (bicyclic) bond motifs is 1. The lowest BCUT2D eigenvalue weighted by molar-refractivity contribution is -0.145. The van der Waals surface area contributed by atoms with Gasteiger partial charge in [-0.05, 0) is 30.0 Å². The molecule has 0 unspecified atom stereocenters. The van der Waals surface area contributed by atoms with Crippen molar-refractivity contribution in [3.8, 4) is 0 Å². The van der Waals surface area contributed by atoms with E-state index in [0.717, 1.165) is 4.68 Å². The van der Waals surface area contributed by atoms with Gasteiger partial charge in [0.25, 0.3) is 5.82 Å². The van der Waals surface area contributed by atoms with E-state index in [0.29, 0.717) is 34.7 Å². The number of carbonyl (C=O) groups is 1. The lowest BCUT2D eigenvalue weighted by Crippen LogP contribution is -2.33. The Kier molecular flexibility index (Phi) is 3.83. The fraction of sp³-hybridized carbons (Fsp3) is 0.353. The van der Waals surface area contributed by atoms with Gasteiger partial charge >= 0.3 is 6.18 Å². The van der Waals surface area contributed by atoms with Crippen molar-refractivity contribution in [3.05, 3.63) is 51.9 Å². The number of anilines is 1. The van der Waals surface area contributed by atoms with Crippen LogP contribution in [0.5, 0.6) is 0 Å². The van der Waals surface area contributed by atoms with Gasteiger partial charge in [0.1, 0.15) is 6.04 Å². The van der Waals surface area contributed by atoms with Gasteiger partial charge < -0.3 is 5.32 Å². The van der Waals surface area contributed by atoms with Crippen molar-refractivity contribution in [2.75, 3.05) is 5.32 Å². The number of nitrogens with one attached hydrogen (secondary N) is 1. The van der Waals surface area contributed by atoms with Crippen molar-refractivity contribution in [3.63, 3.8) is 0 Å². The monoisotopic (exact) mass is 382 g/mol. The summed E-state index contributed by atoms with van der Waals surface area (Å²) in [5.41, 5.74) is 1.62. The predicted octanol–water partition coefficient (Wildman–Crippen LogP) is 4.22. The highest BCUT2D eigenvalue weighted by Gasteiger charge is 2.42. The molecule has 2 aromatic rings. The van der Waals surface area contributed by atoms with E-state index in [9.17, 15) is 18.0 Å². The molecule has 0 spiro atoms. The summed E-state index contributed by atoms with van der Waals surface area (Å²) in [4.78, 5) is 16.3. The molecule has 1 aromatic carbocycles. The van der Waals surface area contributed by atoms with Crippen LogP contribution < -0.4 is 5.32 Å². The lowest BCUT2D eigenvalue weighted by atomic mass is 9.81. The number of hydrogen-bond donors (Lipinski definition) is 1. The van der Waals surface area contributed by atoms with E-state index in [1.54, 1.807) is 24.3 Å². The number of hydrogen-bond acceptors (Lipinski definition) is 4. The van der Waals surface area contributed by atoms with Crippen molar-refractivity contribution in [1.82, 2.24) is 14.8 Å². The van der Waals surface area contributed by atoms with Crippen LogP contribution >= 0.6 is 11.6 Å². The molecule has 1 N–H and O–H groups in total. The highest BCUT2D eigenvalue weighted by Crippen LogP contribution is 2.42. The maximum atomic E-state index is 13.1. The number of rotatable bonds is 1. The van der Waals surface area contributed by atoms with Gasteiger partial charge in [0.15, 0.2) is 5.78 Å². The van der Waals surface area contributed by atoms with E-state index in [-0.39, 0.29) is 17.6 Å². The van der Waals surface area contributed by atoms with Gasteiger partial charge in [-0.15, -0.1) is 5.10 Å². The zero-order chi connectivity index (χ0) is 18.6. The van der Waals surface area contributed by atoms with Crippen molar-refractivity contribution < 1.29 is 18.0 Å². The van der Waals surface area contributed by atoms with Gasteiger partial charge in [-0.25, -0.2) is 4.68 Å². The first-order valence-electron chi connectivity index (χ1n) is 8.06. The molecule has 2 heterocycles. The zero-order valence-electron chi connectivity index (χ0n) is 13.6. The number of allylic oxidation sites excluding steroid dienone is 2. The minimum Gasteiger partial charge on any atom is -0.328 e. The Balaban J connectivity index is 1.92. The minimum absolute atomic E-state index is 0.0250. The number of carbonyl (C=O) groups excluding carboxylic acids is 1. The standard InChI is InChI=1S/C17H14ClF3N4O/c1-8-5-11-13(12(26)6-8)14(9-3-2-4-10(18)7-9)25-16(22-11)23-15(24-25)17(19,20)21/h2-4,7-8,14H,5-6H2,1H3,(H,22,23,24)/t8-,14+/m0/s1. The highest BCUT2D eigenvalue weighted by atomic mass is 35.5. The van der Waals surface area contributed by atoms with Crippen LogP contribution in [0.15, 0.2) is 35.5 Å². The molecule has 1 aliphatic carbocycles. The number of aromatic nitrogens is 3. The zero-order valence-corrected chi connectivity index (χ0v) is 14.4. The number of alkyl halides is 3. The third-order valence-corrected chi connectivity index (χ3v) is 4.78. The predicted molar refractivity (Wildman–Crippen MR) is 88.7 cm³/mol. The van der Waals surface area contributed by atoms with E-state index >= 15 is 0 Å². The fourth-order valence-electron chi connectivity index (χ4n) is 3.51. The Bertz CT molecular complexity index is 934. The molecule has 0 saturated heterocycles. The van der Waals surface area contributed by atoms with E-state index in [1.807, 2.05) is 6.92 Å². The first kappa shape index (κ1) is 17.1. The Morgan fingerprint density at radius 3 is 2.77 bits per heavy atom. The summed E-state index contributed by atoms with van der Waals surface area (Å²) < 4.78 is 40.5. The lowest BCUT2D eigenvalue weighted by Gasteiger charge is -2.34. The summed E-state index contributed by atoms with van der Waals surface area (Å²) in [6.45, 7) is 1.93. The smallest absolute Gasteiger partial charge is 0.328 e. The second-order valence-corrected chi connectivity index (χ2v) is 7.05. The normalized spacial score (nSPS) is 22.7. The summed E-state index contributed by atoms with van der Waals surface area (Å²) in [6, 6.07) is 5.92. The van der Waals surface area contributed by atoms with Crippen LogP contribution in [0.1, 0.15) is 37.2 Å². The van der Waals surface area contributed by atoms with Crippen LogP contribution in [0.2, 0.25) is 5.02 Å². The van der Waals surface area contributed by atoms with Crippen molar-refractivity contribution in [1.29, 1.82) is 0 Å². The van der Waals surface area contributed by atoms with Gasteiger partial charge in [-0.1, -0.05) is 30.7 Å². The molecular weight excluding hydrogens is 369 g/mol. The maximum absolute atomic E-state index is 13.1. The third kappa shape index (κ3) is 2.78. The van der Waals surface area contributed by atoms with Gasteiger partial charge in [0, 0.05) is 22.7 Å². The molecule has 26 heavy (non-hydrogen) atoms. The van der Waals surface area contributed by atoms with Crippen molar-refractivity contribution in [2.45, 2.75) is 32.0 Å². The molecule has 136 valence electrons. The van der Waals surface area contributed by atoms with Crippen molar-refractivity contribution >= 4 is 23.3 Å². The Morgan fingerprint density at radius 2 is 2.08 bits per heavy atom. The number of Topliss-reactive ketones (excluding diaryl/α,β-unsaturated/α-hetero) is 1. The molecule has 2 atom stereocenters. The maximum Gasteiger partial charge on any atom is 0.453 e. The molecule has 1 aromatic heterocycles. The second-order valence-electron chi connectivity index (χ2n) is 6.61. The molecule has 1 aliphatic heterocycles. The molecule has 0 saturated carbocycles. The summed E-state index contributed by atoms with van der Waals surface area (Å²) >= 11 is 6.06. The summed E-state index contributed by atoms with van der Waals surface area (Å²) in [5.74, 6) is -1.27. The van der Waals surface area contributed by atoms with E-state index in [2.05, 4.69) is 15.4 Å². The van der Waals surface area contributed by atoms with Crippen LogP contribution in [0, 0.1) is 5.92 Å². The second kappa shape index (κ2) is 5.84. The fourth-order valence-corrected chi connectivity index (χ4v) is 3.71. The Hall–Kier alpha value is -2.35. The SMILES string of the molecule is C[C@@H]1CC(=O)C2=C(C1)Nc1nc(C(F)(F)F)nn1[C@@H]2c1cccc(Cl)c1.